The number of para-hydroxylation sites is 2. The van der Waals surface area contributed by atoms with Crippen molar-refractivity contribution in [2.24, 2.45) is 0 Å². The molecule has 1 aliphatic heterocycles. The molecule has 0 saturated heterocycles. The van der Waals surface area contributed by atoms with Crippen molar-refractivity contribution in [1.29, 1.82) is 0 Å². The molecule has 0 radical (unpaired) electrons. The van der Waals surface area contributed by atoms with Crippen LogP contribution in [0.5, 0.6) is 0 Å². The number of carbonyl (C=O) groups is 2. The number of nitrogens with one attached hydrogen (secondary N) is 2. The number of hydrogen-bond donors (Lipinski definition) is 2. The Labute approximate surface area is 166 Å². The maximum atomic E-state index is 13.2. The van der Waals surface area contributed by atoms with E-state index in [1.165, 1.54) is 5.56 Å². The van der Waals surface area contributed by atoms with Crippen LogP contribution in [-0.4, -0.2) is 45.0 Å². The molecule has 2 amide bonds. The van der Waals surface area contributed by atoms with Crippen molar-refractivity contribution in [3.8, 4) is 0 Å². The highest BCUT2D eigenvalue weighted by atomic mass is 16.2. The van der Waals surface area contributed by atoms with E-state index in [-0.39, 0.29) is 11.8 Å². The molecule has 3 rings (SSSR count). The molecule has 0 aromatic heterocycles. The molecule has 148 valence electrons. The summed E-state index contributed by atoms with van der Waals surface area (Å²) in [7, 11) is 6.03. The second-order valence-corrected chi connectivity index (χ2v) is 8.13. The van der Waals surface area contributed by atoms with E-state index in [1.807, 2.05) is 45.4 Å². The zero-order valence-electron chi connectivity index (χ0n) is 17.2. The van der Waals surface area contributed by atoms with E-state index in [4.69, 9.17) is 0 Å². The van der Waals surface area contributed by atoms with Gasteiger partial charge in [0.1, 0.15) is 12.1 Å². The van der Waals surface area contributed by atoms with Gasteiger partial charge in [-0.3, -0.25) is 14.5 Å². The molecule has 0 fully saturated rings. The number of amides is 2. The zero-order valence-corrected chi connectivity index (χ0v) is 17.2. The molecule has 0 spiro atoms. The molecule has 28 heavy (non-hydrogen) atoms. The molecule has 0 aliphatic carbocycles. The third-order valence-electron chi connectivity index (χ3n) is 5.17. The second-order valence-electron chi connectivity index (χ2n) is 8.13. The molecule has 0 bridgehead atoms. The van der Waals surface area contributed by atoms with Crippen LogP contribution in [0.15, 0.2) is 48.5 Å². The highest BCUT2D eigenvalue weighted by molar-refractivity contribution is 6.14. The van der Waals surface area contributed by atoms with E-state index in [0.29, 0.717) is 12.2 Å². The lowest BCUT2D eigenvalue weighted by Gasteiger charge is -2.42. The number of likely N-dealkylation sites (N-methyl/N-ethyl adjacent to an activating group) is 1. The quantitative estimate of drug-likeness (QED) is 0.826. The fraction of sp³-hybridized carbons (Fsp3) is 0.364. The molecule has 1 heterocycles. The van der Waals surface area contributed by atoms with Gasteiger partial charge in [0.25, 0.3) is 5.91 Å². The summed E-state index contributed by atoms with van der Waals surface area (Å²) in [4.78, 5) is 30.5. The first-order chi connectivity index (χ1) is 13.2. The van der Waals surface area contributed by atoms with Crippen LogP contribution in [0.4, 0.5) is 17.1 Å². The molecule has 6 nitrogen and oxygen atoms in total. The zero-order chi connectivity index (χ0) is 20.5. The molecule has 1 aliphatic rings. The van der Waals surface area contributed by atoms with E-state index in [2.05, 4.69) is 34.5 Å². The van der Waals surface area contributed by atoms with Crippen molar-refractivity contribution >= 4 is 28.9 Å². The lowest BCUT2D eigenvalue weighted by Crippen LogP contribution is -3.09. The summed E-state index contributed by atoms with van der Waals surface area (Å²) in [5.41, 5.74) is 2.82. The highest BCUT2D eigenvalue weighted by Crippen LogP contribution is 2.36. The Balaban J connectivity index is 1.75. The third-order valence-corrected chi connectivity index (χ3v) is 5.17. The number of nitrogens with zero attached hydrogens (tertiary/aromatic N) is 2. The molecular formula is C22H29N4O2+. The fourth-order valence-corrected chi connectivity index (χ4v) is 3.56. The molecule has 2 aromatic carbocycles. The molecular weight excluding hydrogens is 352 g/mol. The summed E-state index contributed by atoms with van der Waals surface area (Å²) in [6, 6.07) is 15.8. The van der Waals surface area contributed by atoms with Gasteiger partial charge in [-0.15, -0.1) is 0 Å². The summed E-state index contributed by atoms with van der Waals surface area (Å²) >= 11 is 0. The van der Waals surface area contributed by atoms with E-state index in [0.717, 1.165) is 22.8 Å². The molecule has 2 aromatic rings. The van der Waals surface area contributed by atoms with Crippen molar-refractivity contribution in [3.63, 3.8) is 0 Å². The van der Waals surface area contributed by atoms with Gasteiger partial charge in [-0.1, -0.05) is 24.3 Å². The molecule has 6 heteroatoms. The van der Waals surface area contributed by atoms with Crippen LogP contribution in [0.1, 0.15) is 19.4 Å². The largest absolute Gasteiger partial charge is 0.378 e. The van der Waals surface area contributed by atoms with Gasteiger partial charge < -0.3 is 15.1 Å². The Morgan fingerprint density at radius 2 is 1.75 bits per heavy atom. The lowest BCUT2D eigenvalue weighted by molar-refractivity contribution is -0.885. The van der Waals surface area contributed by atoms with Crippen molar-refractivity contribution in [2.45, 2.75) is 25.9 Å². The number of benzene rings is 2. The normalized spacial score (nSPS) is 16.2. The Morgan fingerprint density at radius 3 is 2.39 bits per heavy atom. The summed E-state index contributed by atoms with van der Waals surface area (Å²) in [5, 5.41) is 2.90. The smallest absolute Gasteiger partial charge is 0.283 e. The molecule has 0 saturated carbocycles. The van der Waals surface area contributed by atoms with E-state index >= 15 is 0 Å². The Hall–Kier alpha value is -2.86. The fourth-order valence-electron chi connectivity index (χ4n) is 3.56. The average Bonchev–Trinajstić information content (AvgIpc) is 2.62. The lowest BCUT2D eigenvalue weighted by atomic mass is 9.96. The minimum atomic E-state index is -0.931. The van der Waals surface area contributed by atoms with Gasteiger partial charge in [-0.25, -0.2) is 0 Å². The molecule has 1 unspecified atom stereocenters. The van der Waals surface area contributed by atoms with Crippen LogP contribution in [-0.2, 0) is 16.1 Å². The van der Waals surface area contributed by atoms with Gasteiger partial charge in [0.2, 0.25) is 5.91 Å². The number of anilines is 3. The summed E-state index contributed by atoms with van der Waals surface area (Å²) in [5.74, 6) is -0.230. The summed E-state index contributed by atoms with van der Waals surface area (Å²) in [6.07, 6.45) is 0. The minimum Gasteiger partial charge on any atom is -0.378 e. The number of hydrogen-bond acceptors (Lipinski definition) is 3. The first-order valence-electron chi connectivity index (χ1n) is 9.51. The third kappa shape index (κ3) is 3.87. The van der Waals surface area contributed by atoms with E-state index in [1.54, 1.807) is 18.7 Å². The van der Waals surface area contributed by atoms with Crippen LogP contribution in [0.25, 0.3) is 0 Å². The Morgan fingerprint density at radius 1 is 1.11 bits per heavy atom. The maximum Gasteiger partial charge on any atom is 0.283 e. The number of rotatable bonds is 5. The van der Waals surface area contributed by atoms with Crippen LogP contribution >= 0.6 is 0 Å². The van der Waals surface area contributed by atoms with Crippen LogP contribution in [0.3, 0.4) is 0 Å². The van der Waals surface area contributed by atoms with Gasteiger partial charge in [0.05, 0.1) is 18.4 Å². The number of quaternary nitrogens is 1. The first kappa shape index (κ1) is 19.9. The topological polar surface area (TPSA) is 57.1 Å². The summed E-state index contributed by atoms with van der Waals surface area (Å²) < 4.78 is 0. The van der Waals surface area contributed by atoms with Gasteiger partial charge in [-0.2, -0.15) is 0 Å². The van der Waals surface area contributed by atoms with Crippen molar-refractivity contribution < 1.29 is 14.5 Å². The van der Waals surface area contributed by atoms with Gasteiger partial charge >= 0.3 is 0 Å². The molecule has 2 N–H and O–H groups in total. The van der Waals surface area contributed by atoms with Crippen LogP contribution in [0, 0.1) is 0 Å². The maximum absolute atomic E-state index is 13.2. The van der Waals surface area contributed by atoms with Gasteiger partial charge in [-0.05, 0) is 38.1 Å². The van der Waals surface area contributed by atoms with Crippen molar-refractivity contribution in [2.75, 3.05) is 42.8 Å². The monoisotopic (exact) mass is 381 g/mol. The van der Waals surface area contributed by atoms with E-state index in [9.17, 15) is 9.59 Å². The molecule has 1 atom stereocenters. The van der Waals surface area contributed by atoms with Crippen molar-refractivity contribution in [1.82, 2.24) is 0 Å². The van der Waals surface area contributed by atoms with E-state index < -0.39 is 5.54 Å². The highest BCUT2D eigenvalue weighted by Gasteiger charge is 2.44. The van der Waals surface area contributed by atoms with Gasteiger partial charge in [0.15, 0.2) is 6.54 Å². The predicted molar refractivity (Wildman–Crippen MR) is 113 cm³/mol. The Kier molecular flexibility index (Phi) is 5.42. The van der Waals surface area contributed by atoms with Gasteiger partial charge in [0, 0.05) is 25.3 Å². The van der Waals surface area contributed by atoms with Crippen LogP contribution < -0.4 is 20.0 Å². The standard InChI is InChI=1S/C22H28N4O2/c1-22(2)21(28)23-18-8-6-7-9-19(18)26(22)20(27)15-25(5)14-16-10-12-17(13-11-16)24(3)4/h6-13H,14-15H2,1-5H3,(H,23,28)/p+1. The number of carbonyl (C=O) groups excluding carboxylic acids is 2. The number of fused-ring (bicyclic) bond motifs is 1. The van der Waals surface area contributed by atoms with Crippen LogP contribution in [0.2, 0.25) is 0 Å². The first-order valence-corrected chi connectivity index (χ1v) is 9.51. The average molecular weight is 382 g/mol. The SMILES string of the molecule is CN(C)c1ccc(C[NH+](C)CC(=O)N2c3ccccc3NC(=O)C2(C)C)cc1. The second kappa shape index (κ2) is 7.64. The van der Waals surface area contributed by atoms with Crippen molar-refractivity contribution in [3.05, 3.63) is 54.1 Å². The Bertz CT molecular complexity index is 874. The predicted octanol–water partition coefficient (Wildman–Crippen LogP) is 1.53. The summed E-state index contributed by atoms with van der Waals surface area (Å²) in [6.45, 7) is 4.61. The minimum absolute atomic E-state index is 0.0605.